The number of nitrogens with zero attached hydrogens (tertiary/aromatic N) is 2. The van der Waals surface area contributed by atoms with Gasteiger partial charge in [0.25, 0.3) is 0 Å². The summed E-state index contributed by atoms with van der Waals surface area (Å²) in [5.74, 6) is 0.568. The van der Waals surface area contributed by atoms with Crippen molar-refractivity contribution in [2.75, 3.05) is 6.54 Å². The van der Waals surface area contributed by atoms with Gasteiger partial charge in [-0.1, -0.05) is 32.0 Å². The van der Waals surface area contributed by atoms with E-state index in [1.54, 1.807) is 0 Å². The number of fused-ring (bicyclic) bond motifs is 1. The Balaban J connectivity index is 2.10. The molecule has 0 spiro atoms. The monoisotopic (exact) mass is 296 g/mol. The molecule has 116 valence electrons. The van der Waals surface area contributed by atoms with Crippen LogP contribution in [0.3, 0.4) is 0 Å². The van der Waals surface area contributed by atoms with E-state index in [1.807, 2.05) is 0 Å². The molecule has 2 aromatic heterocycles. The molecule has 0 aliphatic heterocycles. The van der Waals surface area contributed by atoms with Crippen LogP contribution >= 0.6 is 0 Å². The van der Waals surface area contributed by atoms with Crippen molar-refractivity contribution < 1.29 is 0 Å². The predicted octanol–water partition coefficient (Wildman–Crippen LogP) is 3.60. The lowest BCUT2D eigenvalue weighted by atomic mass is 9.94. The van der Waals surface area contributed by atoms with E-state index >= 15 is 0 Å². The molecule has 3 aromatic rings. The van der Waals surface area contributed by atoms with Gasteiger partial charge in [-0.2, -0.15) is 5.10 Å². The van der Waals surface area contributed by atoms with E-state index < -0.39 is 0 Å². The minimum atomic E-state index is 0.151. The molecule has 0 saturated carbocycles. The smallest absolute Gasteiger partial charge is 0.0650 e. The normalized spacial score (nSPS) is 13.1. The second kappa shape index (κ2) is 5.97. The van der Waals surface area contributed by atoms with Crippen LogP contribution in [0.25, 0.3) is 10.9 Å². The predicted molar refractivity (Wildman–Crippen MR) is 91.2 cm³/mol. The van der Waals surface area contributed by atoms with Crippen molar-refractivity contribution in [1.82, 2.24) is 14.8 Å². The van der Waals surface area contributed by atoms with Gasteiger partial charge in [-0.15, -0.1) is 0 Å². The summed E-state index contributed by atoms with van der Waals surface area (Å²) in [5.41, 5.74) is 10.8. The zero-order valence-electron chi connectivity index (χ0n) is 13.5. The van der Waals surface area contributed by atoms with Gasteiger partial charge >= 0.3 is 0 Å². The third-order valence-electron chi connectivity index (χ3n) is 4.36. The Hall–Kier alpha value is -2.07. The number of aromatic nitrogens is 3. The molecule has 0 aliphatic carbocycles. The first-order chi connectivity index (χ1) is 10.7. The molecule has 1 atom stereocenters. The Morgan fingerprint density at radius 2 is 2.05 bits per heavy atom. The van der Waals surface area contributed by atoms with Gasteiger partial charge in [0.2, 0.25) is 0 Å². The van der Waals surface area contributed by atoms with E-state index in [0.717, 1.165) is 17.9 Å². The lowest BCUT2D eigenvalue weighted by molar-refractivity contribution is 0.755. The first-order valence-corrected chi connectivity index (χ1v) is 7.98. The molecule has 0 saturated heterocycles. The van der Waals surface area contributed by atoms with Gasteiger partial charge in [-0.25, -0.2) is 0 Å². The lowest BCUT2D eigenvalue weighted by Gasteiger charge is -2.12. The number of H-pyrrole nitrogens is 1. The van der Waals surface area contributed by atoms with E-state index in [0.29, 0.717) is 12.5 Å². The number of benzene rings is 1. The summed E-state index contributed by atoms with van der Waals surface area (Å²) in [5, 5.41) is 8.90. The number of hydrogen-bond donors (Lipinski definition) is 2. The van der Waals surface area contributed by atoms with Gasteiger partial charge in [0.15, 0.2) is 0 Å². The zero-order valence-corrected chi connectivity index (χ0v) is 13.5. The van der Waals surface area contributed by atoms with Gasteiger partial charge in [0.1, 0.15) is 0 Å². The topological polar surface area (TPSA) is 59.6 Å². The van der Waals surface area contributed by atoms with Crippen molar-refractivity contribution >= 4 is 10.9 Å². The number of aryl methyl sites for hydroxylation is 1. The molecular formula is C18H24N4. The molecule has 3 N–H and O–H groups in total. The third kappa shape index (κ3) is 2.44. The molecule has 0 bridgehead atoms. The standard InChI is InChI=1S/C18H24N4/c1-4-22-11-15(13-7-5-6-8-18(13)22)14(10-19)17-9-16(12(2)3)20-21-17/h5-9,11-12,14H,4,10,19H2,1-3H3,(H,20,21). The quantitative estimate of drug-likeness (QED) is 0.755. The summed E-state index contributed by atoms with van der Waals surface area (Å²) in [4.78, 5) is 0. The van der Waals surface area contributed by atoms with Crippen molar-refractivity contribution in [3.8, 4) is 0 Å². The van der Waals surface area contributed by atoms with Gasteiger partial charge in [0.05, 0.1) is 5.69 Å². The van der Waals surface area contributed by atoms with Crippen LogP contribution in [0, 0.1) is 0 Å². The number of rotatable bonds is 5. The molecule has 4 nitrogen and oxygen atoms in total. The van der Waals surface area contributed by atoms with Crippen LogP contribution in [-0.2, 0) is 6.54 Å². The highest BCUT2D eigenvalue weighted by Gasteiger charge is 2.20. The fourth-order valence-electron chi connectivity index (χ4n) is 3.06. The molecule has 0 radical (unpaired) electrons. The molecule has 2 heterocycles. The maximum atomic E-state index is 6.11. The second-order valence-corrected chi connectivity index (χ2v) is 6.08. The SMILES string of the molecule is CCn1cc(C(CN)c2cc(C(C)C)n[nH]2)c2ccccc21. The van der Waals surface area contributed by atoms with Crippen LogP contribution in [0.15, 0.2) is 36.5 Å². The zero-order chi connectivity index (χ0) is 15.7. The highest BCUT2D eigenvalue weighted by molar-refractivity contribution is 5.85. The third-order valence-corrected chi connectivity index (χ3v) is 4.36. The number of nitrogens with two attached hydrogens (primary N) is 1. The van der Waals surface area contributed by atoms with Crippen molar-refractivity contribution in [2.45, 2.75) is 39.2 Å². The van der Waals surface area contributed by atoms with E-state index in [4.69, 9.17) is 5.73 Å². The molecule has 3 rings (SSSR count). The molecule has 0 aliphatic rings. The van der Waals surface area contributed by atoms with Gasteiger partial charge in [-0.3, -0.25) is 5.10 Å². The van der Waals surface area contributed by atoms with Gasteiger partial charge in [0, 0.05) is 41.8 Å². The fourth-order valence-corrected chi connectivity index (χ4v) is 3.06. The lowest BCUT2D eigenvalue weighted by Crippen LogP contribution is -2.14. The summed E-state index contributed by atoms with van der Waals surface area (Å²) in [6.07, 6.45) is 2.23. The molecule has 22 heavy (non-hydrogen) atoms. The molecule has 1 unspecified atom stereocenters. The number of para-hydroxylation sites is 1. The summed E-state index contributed by atoms with van der Waals surface area (Å²) in [6, 6.07) is 10.7. The highest BCUT2D eigenvalue weighted by atomic mass is 15.1. The van der Waals surface area contributed by atoms with Crippen molar-refractivity contribution in [1.29, 1.82) is 0 Å². The molecule has 0 fully saturated rings. The van der Waals surface area contributed by atoms with E-state index in [9.17, 15) is 0 Å². The van der Waals surface area contributed by atoms with Crippen molar-refractivity contribution in [3.63, 3.8) is 0 Å². The van der Waals surface area contributed by atoms with Gasteiger partial charge in [-0.05, 0) is 30.5 Å². The highest BCUT2D eigenvalue weighted by Crippen LogP contribution is 2.31. The first kappa shape index (κ1) is 14.9. The Labute approximate surface area is 131 Å². The fraction of sp³-hybridized carbons (Fsp3) is 0.389. The van der Waals surface area contributed by atoms with Crippen LogP contribution < -0.4 is 5.73 Å². The average molecular weight is 296 g/mol. The summed E-state index contributed by atoms with van der Waals surface area (Å²) in [7, 11) is 0. The number of aromatic amines is 1. The molecule has 0 amide bonds. The number of hydrogen-bond acceptors (Lipinski definition) is 2. The summed E-state index contributed by atoms with van der Waals surface area (Å²) >= 11 is 0. The molecular weight excluding hydrogens is 272 g/mol. The van der Waals surface area contributed by atoms with Crippen LogP contribution in [0.1, 0.15) is 49.6 Å². The van der Waals surface area contributed by atoms with Crippen LogP contribution in [0.4, 0.5) is 0 Å². The van der Waals surface area contributed by atoms with Crippen LogP contribution in [-0.4, -0.2) is 21.3 Å². The second-order valence-electron chi connectivity index (χ2n) is 6.08. The van der Waals surface area contributed by atoms with Crippen molar-refractivity contribution in [2.24, 2.45) is 5.73 Å². The Bertz CT molecular complexity index is 766. The summed E-state index contributed by atoms with van der Waals surface area (Å²) in [6.45, 7) is 8.00. The van der Waals surface area contributed by atoms with E-state index in [-0.39, 0.29) is 5.92 Å². The summed E-state index contributed by atoms with van der Waals surface area (Å²) < 4.78 is 2.28. The minimum absolute atomic E-state index is 0.151. The first-order valence-electron chi connectivity index (χ1n) is 7.98. The minimum Gasteiger partial charge on any atom is -0.347 e. The number of nitrogens with one attached hydrogen (secondary N) is 1. The maximum Gasteiger partial charge on any atom is 0.0650 e. The van der Waals surface area contributed by atoms with E-state index in [1.165, 1.54) is 16.5 Å². The molecule has 4 heteroatoms. The Morgan fingerprint density at radius 3 is 2.68 bits per heavy atom. The van der Waals surface area contributed by atoms with Crippen LogP contribution in [0.2, 0.25) is 0 Å². The van der Waals surface area contributed by atoms with Crippen LogP contribution in [0.5, 0.6) is 0 Å². The van der Waals surface area contributed by atoms with Gasteiger partial charge < -0.3 is 10.3 Å². The Kier molecular flexibility index (Phi) is 4.03. The largest absolute Gasteiger partial charge is 0.347 e. The van der Waals surface area contributed by atoms with E-state index in [2.05, 4.69) is 72.1 Å². The maximum absolute atomic E-state index is 6.11. The average Bonchev–Trinajstić information content (AvgIpc) is 3.14. The molecule has 1 aromatic carbocycles. The Morgan fingerprint density at radius 1 is 1.27 bits per heavy atom. The van der Waals surface area contributed by atoms with Crippen molar-refractivity contribution in [3.05, 3.63) is 53.5 Å².